The van der Waals surface area contributed by atoms with E-state index in [1.807, 2.05) is 6.92 Å². The summed E-state index contributed by atoms with van der Waals surface area (Å²) in [6.07, 6.45) is 0. The normalized spacial score (nSPS) is 12.9. The third-order valence-corrected chi connectivity index (χ3v) is 5.17. The number of rotatable bonds is 5. The molecule has 104 valence electrons. The van der Waals surface area contributed by atoms with Gasteiger partial charge in [0.05, 0.1) is 4.90 Å². The zero-order chi connectivity index (χ0) is 13.1. The lowest BCUT2D eigenvalue weighted by molar-refractivity contribution is 0.554. The van der Waals surface area contributed by atoms with Gasteiger partial charge in [-0.3, -0.25) is 0 Å². The Morgan fingerprint density at radius 3 is 2.50 bits per heavy atom. The number of hydrogen-bond donors (Lipinski definition) is 2. The van der Waals surface area contributed by atoms with Crippen molar-refractivity contribution < 1.29 is 8.42 Å². The number of likely N-dealkylation sites (N-methyl/N-ethyl adjacent to an activating group) is 1. The molecule has 8 heteroatoms. The van der Waals surface area contributed by atoms with Crippen LogP contribution in [0.1, 0.15) is 6.92 Å². The highest BCUT2D eigenvalue weighted by atomic mass is 79.9. The number of hydrogen-bond acceptors (Lipinski definition) is 3. The van der Waals surface area contributed by atoms with Crippen LogP contribution in [0.4, 0.5) is 0 Å². The topological polar surface area (TPSA) is 58.2 Å². The molecule has 0 amide bonds. The molecule has 0 fully saturated rings. The van der Waals surface area contributed by atoms with Gasteiger partial charge in [-0.1, -0.05) is 15.9 Å². The van der Waals surface area contributed by atoms with E-state index in [0.717, 1.165) is 4.47 Å². The van der Waals surface area contributed by atoms with Crippen molar-refractivity contribution in [1.29, 1.82) is 0 Å². The van der Waals surface area contributed by atoms with Gasteiger partial charge in [0.2, 0.25) is 10.0 Å². The molecule has 1 aromatic rings. The van der Waals surface area contributed by atoms with Crippen LogP contribution in [0.2, 0.25) is 0 Å². The third-order valence-electron chi connectivity index (χ3n) is 2.26. The summed E-state index contributed by atoms with van der Waals surface area (Å²) in [6, 6.07) is 5.12. The molecule has 1 aromatic carbocycles. The number of nitrogens with one attached hydrogen (secondary N) is 2. The zero-order valence-electron chi connectivity index (χ0n) is 9.91. The quantitative estimate of drug-likeness (QED) is 0.767. The van der Waals surface area contributed by atoms with Crippen molar-refractivity contribution in [2.75, 3.05) is 13.6 Å². The number of halogens is 3. The van der Waals surface area contributed by atoms with E-state index in [1.165, 1.54) is 0 Å². The smallest absolute Gasteiger partial charge is 0.241 e. The molecule has 0 saturated heterocycles. The molecule has 0 aliphatic heterocycles. The van der Waals surface area contributed by atoms with Crippen LogP contribution < -0.4 is 10.0 Å². The summed E-state index contributed by atoms with van der Waals surface area (Å²) in [5, 5.41) is 2.97. The first-order valence-electron chi connectivity index (χ1n) is 4.99. The van der Waals surface area contributed by atoms with Crippen molar-refractivity contribution in [3.63, 3.8) is 0 Å². The Balaban J connectivity index is 0.00000289. The van der Waals surface area contributed by atoms with E-state index >= 15 is 0 Å². The van der Waals surface area contributed by atoms with E-state index in [4.69, 9.17) is 0 Å². The van der Waals surface area contributed by atoms with Crippen molar-refractivity contribution in [3.8, 4) is 0 Å². The predicted molar refractivity (Wildman–Crippen MR) is 82.8 cm³/mol. The molecule has 0 heterocycles. The lowest BCUT2D eigenvalue weighted by Gasteiger charge is -2.13. The fraction of sp³-hybridized carbons (Fsp3) is 0.400. The van der Waals surface area contributed by atoms with Gasteiger partial charge in [0.25, 0.3) is 0 Å². The fourth-order valence-electron chi connectivity index (χ4n) is 1.10. The first kappa shape index (κ1) is 18.3. The molecule has 0 bridgehead atoms. The Kier molecular flexibility index (Phi) is 7.96. The second-order valence-corrected chi connectivity index (χ2v) is 7.12. The molecule has 4 nitrogen and oxygen atoms in total. The molecule has 0 aromatic heterocycles. The first-order chi connectivity index (χ1) is 7.86. The van der Waals surface area contributed by atoms with E-state index in [2.05, 4.69) is 41.9 Å². The number of sulfonamides is 1. The second-order valence-electron chi connectivity index (χ2n) is 3.62. The van der Waals surface area contributed by atoms with Gasteiger partial charge in [0.15, 0.2) is 0 Å². The van der Waals surface area contributed by atoms with E-state index in [-0.39, 0.29) is 23.3 Å². The lowest BCUT2D eigenvalue weighted by Crippen LogP contribution is -2.37. The van der Waals surface area contributed by atoms with E-state index in [1.54, 1.807) is 25.2 Å². The SMILES string of the molecule is CNC(C)CNS(=O)(=O)c1cc(Br)ccc1Br.Cl. The van der Waals surface area contributed by atoms with Crippen molar-refractivity contribution in [2.24, 2.45) is 0 Å². The highest BCUT2D eigenvalue weighted by Gasteiger charge is 2.18. The summed E-state index contributed by atoms with van der Waals surface area (Å²) in [5.74, 6) is 0. The highest BCUT2D eigenvalue weighted by Crippen LogP contribution is 2.25. The van der Waals surface area contributed by atoms with Crippen molar-refractivity contribution in [1.82, 2.24) is 10.0 Å². The summed E-state index contributed by atoms with van der Waals surface area (Å²) < 4.78 is 27.9. The average Bonchev–Trinajstić information content (AvgIpc) is 2.29. The van der Waals surface area contributed by atoms with Gasteiger partial charge in [-0.25, -0.2) is 13.1 Å². The minimum atomic E-state index is -3.49. The highest BCUT2D eigenvalue weighted by molar-refractivity contribution is 9.11. The molecule has 0 aliphatic rings. The monoisotopic (exact) mass is 420 g/mol. The van der Waals surface area contributed by atoms with Crippen LogP contribution >= 0.6 is 44.3 Å². The van der Waals surface area contributed by atoms with Crippen LogP contribution in [0.5, 0.6) is 0 Å². The Hall–Kier alpha value is 0.340. The van der Waals surface area contributed by atoms with E-state index in [9.17, 15) is 8.42 Å². The maximum absolute atomic E-state index is 12.0. The van der Waals surface area contributed by atoms with Crippen LogP contribution in [0.3, 0.4) is 0 Å². The first-order valence-corrected chi connectivity index (χ1v) is 8.05. The van der Waals surface area contributed by atoms with Crippen LogP contribution in [-0.4, -0.2) is 28.1 Å². The summed E-state index contributed by atoms with van der Waals surface area (Å²) >= 11 is 6.49. The van der Waals surface area contributed by atoms with Crippen LogP contribution in [-0.2, 0) is 10.0 Å². The summed E-state index contributed by atoms with van der Waals surface area (Å²) in [7, 11) is -1.70. The predicted octanol–water partition coefficient (Wildman–Crippen LogP) is 2.52. The zero-order valence-corrected chi connectivity index (χ0v) is 14.7. The molecule has 1 atom stereocenters. The Bertz CT molecular complexity index is 497. The largest absolute Gasteiger partial charge is 0.316 e. The van der Waals surface area contributed by atoms with Gasteiger partial charge in [0.1, 0.15) is 0 Å². The Morgan fingerprint density at radius 2 is 1.94 bits per heavy atom. The van der Waals surface area contributed by atoms with Crippen LogP contribution in [0, 0.1) is 0 Å². The molecule has 18 heavy (non-hydrogen) atoms. The second kappa shape index (κ2) is 7.81. The number of benzene rings is 1. The Morgan fingerprint density at radius 1 is 1.33 bits per heavy atom. The molecular weight excluding hydrogens is 407 g/mol. The van der Waals surface area contributed by atoms with E-state index < -0.39 is 10.0 Å². The molecule has 2 N–H and O–H groups in total. The molecule has 0 saturated carbocycles. The summed E-state index contributed by atoms with van der Waals surface area (Å²) in [6.45, 7) is 2.25. The van der Waals surface area contributed by atoms with Gasteiger partial charge in [-0.2, -0.15) is 0 Å². The lowest BCUT2D eigenvalue weighted by atomic mass is 10.4. The Labute approximate surface area is 131 Å². The molecular formula is C10H15Br2ClN2O2S. The summed E-state index contributed by atoms with van der Waals surface area (Å²) in [4.78, 5) is 0.232. The van der Waals surface area contributed by atoms with Gasteiger partial charge in [-0.15, -0.1) is 12.4 Å². The molecule has 0 radical (unpaired) electrons. The molecule has 0 spiro atoms. The summed E-state index contributed by atoms with van der Waals surface area (Å²) in [5.41, 5.74) is 0. The van der Waals surface area contributed by atoms with Gasteiger partial charge in [0, 0.05) is 21.5 Å². The third kappa shape index (κ3) is 5.14. The van der Waals surface area contributed by atoms with Gasteiger partial charge < -0.3 is 5.32 Å². The van der Waals surface area contributed by atoms with E-state index in [0.29, 0.717) is 11.0 Å². The van der Waals surface area contributed by atoms with Crippen molar-refractivity contribution in [3.05, 3.63) is 27.1 Å². The average molecular weight is 423 g/mol. The van der Waals surface area contributed by atoms with Crippen LogP contribution in [0.25, 0.3) is 0 Å². The maximum Gasteiger partial charge on any atom is 0.241 e. The minimum absolute atomic E-state index is 0. The standard InChI is InChI=1S/C10H14Br2N2O2S.ClH/c1-7(13-2)6-14-17(15,16)10-5-8(11)3-4-9(10)12;/h3-5,7,13-14H,6H2,1-2H3;1H. The minimum Gasteiger partial charge on any atom is -0.316 e. The van der Waals surface area contributed by atoms with Gasteiger partial charge >= 0.3 is 0 Å². The fourth-order valence-corrected chi connectivity index (χ4v) is 3.73. The molecule has 1 rings (SSSR count). The molecule has 0 aliphatic carbocycles. The van der Waals surface area contributed by atoms with Crippen LogP contribution in [0.15, 0.2) is 32.0 Å². The van der Waals surface area contributed by atoms with Crippen molar-refractivity contribution >= 4 is 54.3 Å². The van der Waals surface area contributed by atoms with Gasteiger partial charge in [-0.05, 0) is 48.1 Å². The molecule has 1 unspecified atom stereocenters. The van der Waals surface area contributed by atoms with Crippen molar-refractivity contribution in [2.45, 2.75) is 17.9 Å². The maximum atomic E-state index is 12.0.